The summed E-state index contributed by atoms with van der Waals surface area (Å²) in [6.45, 7) is -0.640. The van der Waals surface area contributed by atoms with Crippen LogP contribution in [0, 0.1) is 11.5 Å². The zero-order chi connectivity index (χ0) is 22.1. The molecule has 0 fully saturated rings. The third kappa shape index (κ3) is 5.93. The number of carbonyl (C=O) groups excluding carboxylic acids is 1. The fourth-order valence-corrected chi connectivity index (χ4v) is 2.57. The molecule has 0 saturated carbocycles. The Morgan fingerprint density at radius 3 is 2.73 bits per heavy atom. The Bertz CT molecular complexity index is 911. The molecule has 2 heterocycles. The third-order valence-electron chi connectivity index (χ3n) is 4.09. The summed E-state index contributed by atoms with van der Waals surface area (Å²) in [4.78, 5) is 25.8. The SMILES string of the molecule is N#CO[C@H](COC(=O)OCCCCC(=O)O)[C@@H](O)[C@@H](O)c1ccc2c(N)ncnn12. The Balaban J connectivity index is 1.93. The van der Waals surface area contributed by atoms with Crippen molar-refractivity contribution in [2.24, 2.45) is 0 Å². The molecule has 13 nitrogen and oxygen atoms in total. The maximum Gasteiger partial charge on any atom is 0.508 e. The van der Waals surface area contributed by atoms with Crippen LogP contribution in [0.5, 0.6) is 0 Å². The van der Waals surface area contributed by atoms with Gasteiger partial charge in [0.2, 0.25) is 0 Å². The number of nitrogens with two attached hydrogens (primary N) is 1. The first-order chi connectivity index (χ1) is 14.3. The lowest BCUT2D eigenvalue weighted by Crippen LogP contribution is -2.38. The van der Waals surface area contributed by atoms with E-state index in [9.17, 15) is 19.8 Å². The molecule has 0 aliphatic rings. The van der Waals surface area contributed by atoms with Crippen molar-refractivity contribution in [2.45, 2.75) is 37.6 Å². The van der Waals surface area contributed by atoms with E-state index in [1.165, 1.54) is 23.2 Å². The Hall–Kier alpha value is -3.63. The molecule has 2 aromatic heterocycles. The number of aromatic nitrogens is 3. The Morgan fingerprint density at radius 2 is 2.03 bits per heavy atom. The molecule has 0 aromatic carbocycles. The Labute approximate surface area is 170 Å². The zero-order valence-corrected chi connectivity index (χ0v) is 15.7. The van der Waals surface area contributed by atoms with Crippen molar-refractivity contribution in [2.75, 3.05) is 18.9 Å². The topological polar surface area (TPSA) is 203 Å². The molecule has 5 N–H and O–H groups in total. The summed E-state index contributed by atoms with van der Waals surface area (Å²) in [5, 5.41) is 42.2. The van der Waals surface area contributed by atoms with Gasteiger partial charge >= 0.3 is 12.1 Å². The minimum absolute atomic E-state index is 0.0500. The van der Waals surface area contributed by atoms with Crippen LogP contribution in [0.2, 0.25) is 0 Å². The number of hydrogen-bond donors (Lipinski definition) is 4. The summed E-state index contributed by atoms with van der Waals surface area (Å²) in [5.41, 5.74) is 6.28. The fraction of sp³-hybridized carbons (Fsp3) is 0.471. The average molecular weight is 423 g/mol. The number of carbonyl (C=O) groups is 2. The first-order valence-corrected chi connectivity index (χ1v) is 8.85. The highest BCUT2D eigenvalue weighted by atomic mass is 16.7. The van der Waals surface area contributed by atoms with Crippen molar-refractivity contribution in [3.8, 4) is 6.26 Å². The molecule has 0 radical (unpaired) electrons. The number of unbranched alkanes of at least 4 members (excludes halogenated alkanes) is 1. The van der Waals surface area contributed by atoms with Crippen LogP contribution >= 0.6 is 0 Å². The quantitative estimate of drug-likeness (QED) is 0.214. The normalized spacial score (nSPS) is 13.8. The van der Waals surface area contributed by atoms with E-state index >= 15 is 0 Å². The van der Waals surface area contributed by atoms with E-state index in [2.05, 4.69) is 10.1 Å². The number of aliphatic hydroxyl groups excluding tert-OH is 2. The highest BCUT2D eigenvalue weighted by Gasteiger charge is 2.32. The summed E-state index contributed by atoms with van der Waals surface area (Å²) in [5.74, 6) is -0.788. The Kier molecular flexibility index (Phi) is 8.15. The molecule has 0 aliphatic heterocycles. The van der Waals surface area contributed by atoms with Crippen LogP contribution in [0.15, 0.2) is 18.5 Å². The smallest absolute Gasteiger partial charge is 0.481 e. The zero-order valence-electron chi connectivity index (χ0n) is 15.7. The molecule has 0 amide bonds. The van der Waals surface area contributed by atoms with Crippen LogP contribution in [-0.4, -0.2) is 67.5 Å². The molecular formula is C17H21N5O8. The first-order valence-electron chi connectivity index (χ1n) is 8.85. The molecule has 3 atom stereocenters. The average Bonchev–Trinajstić information content (AvgIpc) is 3.15. The number of aliphatic carboxylic acids is 1. The van der Waals surface area contributed by atoms with Gasteiger partial charge in [-0.05, 0) is 25.0 Å². The standard InChI is InChI=1S/C17H21N5O8/c18-8-30-12(7-29-17(27)28-6-2-1-3-13(23)24)15(26)14(25)10-4-5-11-16(19)20-9-21-22(10)11/h4-5,9,12,14-15,25-26H,1-3,6-7H2,(H,23,24)(H2,19,20,21)/t12-,14+,15-/m1/s1. The number of aliphatic hydroxyl groups is 2. The summed E-state index contributed by atoms with van der Waals surface area (Å²) < 4.78 is 15.5. The molecule has 13 heteroatoms. The second-order valence-electron chi connectivity index (χ2n) is 6.14. The molecule has 0 spiro atoms. The molecule has 0 unspecified atom stereocenters. The lowest BCUT2D eigenvalue weighted by Gasteiger charge is -2.24. The van der Waals surface area contributed by atoms with Gasteiger partial charge in [-0.3, -0.25) is 4.79 Å². The van der Waals surface area contributed by atoms with Crippen LogP contribution in [-0.2, 0) is 19.0 Å². The number of hydrogen-bond acceptors (Lipinski definition) is 11. The van der Waals surface area contributed by atoms with E-state index < -0.39 is 37.0 Å². The number of fused-ring (bicyclic) bond motifs is 1. The fourth-order valence-electron chi connectivity index (χ4n) is 2.57. The third-order valence-corrected chi connectivity index (χ3v) is 4.09. The van der Waals surface area contributed by atoms with Crippen molar-refractivity contribution in [3.05, 3.63) is 24.2 Å². The van der Waals surface area contributed by atoms with Crippen molar-refractivity contribution in [1.29, 1.82) is 5.26 Å². The predicted octanol–water partition coefficient (Wildman–Crippen LogP) is -0.0198. The Morgan fingerprint density at radius 1 is 1.27 bits per heavy atom. The van der Waals surface area contributed by atoms with Gasteiger partial charge in [0.25, 0.3) is 6.26 Å². The van der Waals surface area contributed by atoms with E-state index in [1.807, 2.05) is 0 Å². The van der Waals surface area contributed by atoms with Gasteiger partial charge in [0, 0.05) is 6.42 Å². The lowest BCUT2D eigenvalue weighted by atomic mass is 10.1. The molecule has 2 aromatic rings. The number of ether oxygens (including phenoxy) is 3. The van der Waals surface area contributed by atoms with Gasteiger partial charge in [-0.15, -0.1) is 0 Å². The number of nitrogens with zero attached hydrogens (tertiary/aromatic N) is 4. The monoisotopic (exact) mass is 423 g/mol. The van der Waals surface area contributed by atoms with E-state index in [1.54, 1.807) is 6.07 Å². The minimum Gasteiger partial charge on any atom is -0.481 e. The van der Waals surface area contributed by atoms with Crippen LogP contribution in [0.25, 0.3) is 5.52 Å². The van der Waals surface area contributed by atoms with Crippen molar-refractivity contribution in [3.63, 3.8) is 0 Å². The molecule has 162 valence electrons. The van der Waals surface area contributed by atoms with Gasteiger partial charge in [0.15, 0.2) is 11.9 Å². The predicted molar refractivity (Wildman–Crippen MR) is 97.6 cm³/mol. The summed E-state index contributed by atoms with van der Waals surface area (Å²) >= 11 is 0. The van der Waals surface area contributed by atoms with Crippen LogP contribution < -0.4 is 5.73 Å². The molecular weight excluding hydrogens is 402 g/mol. The summed E-state index contributed by atoms with van der Waals surface area (Å²) in [7, 11) is 0. The van der Waals surface area contributed by atoms with Gasteiger partial charge in [0.05, 0.1) is 12.3 Å². The molecule has 0 bridgehead atoms. The van der Waals surface area contributed by atoms with Crippen LogP contribution in [0.4, 0.5) is 10.6 Å². The van der Waals surface area contributed by atoms with Gasteiger partial charge in [0.1, 0.15) is 30.7 Å². The number of rotatable bonds is 11. The van der Waals surface area contributed by atoms with E-state index in [0.717, 1.165) is 0 Å². The van der Waals surface area contributed by atoms with Crippen LogP contribution in [0.1, 0.15) is 31.1 Å². The molecule has 30 heavy (non-hydrogen) atoms. The van der Waals surface area contributed by atoms with Crippen molar-refractivity contribution < 1.29 is 39.1 Å². The maximum absolute atomic E-state index is 11.6. The van der Waals surface area contributed by atoms with Crippen LogP contribution in [0.3, 0.4) is 0 Å². The number of anilines is 1. The van der Waals surface area contributed by atoms with E-state index in [4.69, 9.17) is 30.3 Å². The first kappa shape index (κ1) is 22.7. The van der Waals surface area contributed by atoms with Gasteiger partial charge in [-0.25, -0.2) is 14.3 Å². The number of nitriles is 1. The second kappa shape index (κ2) is 10.8. The summed E-state index contributed by atoms with van der Waals surface area (Å²) in [6.07, 6.45) is -2.56. The van der Waals surface area contributed by atoms with Gasteiger partial charge < -0.3 is 35.3 Å². The molecule has 2 rings (SSSR count). The highest BCUT2D eigenvalue weighted by Crippen LogP contribution is 2.24. The van der Waals surface area contributed by atoms with Gasteiger partial charge in [-0.2, -0.15) is 10.4 Å². The van der Waals surface area contributed by atoms with E-state index in [0.29, 0.717) is 18.4 Å². The van der Waals surface area contributed by atoms with E-state index in [-0.39, 0.29) is 24.5 Å². The van der Waals surface area contributed by atoms with Gasteiger partial charge in [-0.1, -0.05) is 0 Å². The molecule has 0 saturated heterocycles. The van der Waals surface area contributed by atoms with Crippen molar-refractivity contribution in [1.82, 2.24) is 14.6 Å². The summed E-state index contributed by atoms with van der Waals surface area (Å²) in [6, 6.07) is 3.00. The largest absolute Gasteiger partial charge is 0.508 e. The minimum atomic E-state index is -1.66. The van der Waals surface area contributed by atoms with Crippen molar-refractivity contribution >= 4 is 23.5 Å². The maximum atomic E-state index is 11.6. The number of carboxylic acids is 1. The molecule has 0 aliphatic carbocycles. The second-order valence-corrected chi connectivity index (χ2v) is 6.14. The highest BCUT2D eigenvalue weighted by molar-refractivity contribution is 5.66. The number of nitrogen functional groups attached to an aromatic ring is 1. The number of carboxylic acid groups (broad SMARTS) is 1. The lowest BCUT2D eigenvalue weighted by molar-refractivity contribution is -0.137.